The number of para-hydroxylation sites is 1. The largest absolute Gasteiger partial charge is 0.492 e. The number of likely N-dealkylation sites (N-methyl/N-ethyl adjacent to an activating group) is 1. The maximum absolute atomic E-state index is 12.0. The van der Waals surface area contributed by atoms with Crippen LogP contribution in [0.1, 0.15) is 11.1 Å². The Hall–Kier alpha value is -4.04. The molecule has 32 heavy (non-hydrogen) atoms. The van der Waals surface area contributed by atoms with Crippen molar-refractivity contribution in [3.05, 3.63) is 100 Å². The highest BCUT2D eigenvalue weighted by Crippen LogP contribution is 2.25. The summed E-state index contributed by atoms with van der Waals surface area (Å²) in [5.74, 6) is 0.606. The number of fused-ring (bicyclic) bond motifs is 1. The highest BCUT2D eigenvalue weighted by Gasteiger charge is 2.21. The predicted molar refractivity (Wildman–Crippen MR) is 124 cm³/mol. The Labute approximate surface area is 186 Å². The number of benzodiazepines with no additional fused rings is 1. The van der Waals surface area contributed by atoms with Gasteiger partial charge in [0.1, 0.15) is 18.9 Å². The molecule has 3 aromatic rings. The molecule has 0 radical (unpaired) electrons. The first-order valence-electron chi connectivity index (χ1n) is 10.0. The first-order chi connectivity index (χ1) is 15.5. The molecule has 2 N–H and O–H groups in total. The van der Waals surface area contributed by atoms with Crippen LogP contribution in [0.3, 0.4) is 0 Å². The number of ether oxygens (including phenoxy) is 1. The van der Waals surface area contributed by atoms with Crippen LogP contribution in [0.5, 0.6) is 5.75 Å². The lowest BCUT2D eigenvalue weighted by Gasteiger charge is -2.17. The molecule has 0 fully saturated rings. The van der Waals surface area contributed by atoms with Gasteiger partial charge in [-0.15, -0.1) is 0 Å². The van der Waals surface area contributed by atoms with Gasteiger partial charge >= 0.3 is 0 Å². The van der Waals surface area contributed by atoms with Crippen LogP contribution in [0, 0.1) is 10.1 Å². The zero-order chi connectivity index (χ0) is 22.9. The maximum Gasteiger partial charge on any atom is 0.269 e. The number of anilines is 1. The zero-order valence-electron chi connectivity index (χ0n) is 17.7. The van der Waals surface area contributed by atoms with Gasteiger partial charge in [-0.25, -0.2) is 0 Å². The minimum Gasteiger partial charge on any atom is -0.492 e. The number of carbonyl (C=O) groups excluding carboxylic acids is 1. The fourth-order valence-corrected chi connectivity index (χ4v) is 3.12. The summed E-state index contributed by atoms with van der Waals surface area (Å²) in [6.45, 7) is 1.03. The average Bonchev–Trinajstić information content (AvgIpc) is 2.95. The smallest absolute Gasteiger partial charge is 0.269 e. The van der Waals surface area contributed by atoms with Gasteiger partial charge in [0.15, 0.2) is 0 Å². The van der Waals surface area contributed by atoms with Crippen molar-refractivity contribution in [2.45, 2.75) is 0 Å². The monoisotopic (exact) mass is 432 g/mol. The molecule has 0 atom stereocenters. The number of carbonyl (C=O) groups is 1. The number of aliphatic imine (C=N–C) groups is 1. The normalized spacial score (nSPS) is 12.6. The standard InChI is InChI=1S/C16H14N2O.C8H10N2O3/c1-18-14-10-6-5-9-13(14)16(17-11-15(18)19)12-7-3-2-4-8-12;9-5-6-13-8-3-1-7(2-4-8)10(11)12/h2-10H,11H2,1H3;1-4H,5-6,9H2. The third-order valence-corrected chi connectivity index (χ3v) is 4.75. The highest BCUT2D eigenvalue weighted by atomic mass is 16.6. The molecule has 0 unspecified atom stereocenters. The van der Waals surface area contributed by atoms with Crippen LogP contribution in [0.15, 0.2) is 83.9 Å². The lowest BCUT2D eigenvalue weighted by atomic mass is 10.0. The first-order valence-corrected chi connectivity index (χ1v) is 10.0. The van der Waals surface area contributed by atoms with Crippen molar-refractivity contribution in [3.8, 4) is 5.75 Å². The van der Waals surface area contributed by atoms with E-state index < -0.39 is 4.92 Å². The fourth-order valence-electron chi connectivity index (χ4n) is 3.12. The van der Waals surface area contributed by atoms with Crippen LogP contribution in [0.25, 0.3) is 0 Å². The number of hydrogen-bond donors (Lipinski definition) is 1. The zero-order valence-corrected chi connectivity index (χ0v) is 17.7. The molecule has 8 heteroatoms. The Morgan fingerprint density at radius 1 is 1.03 bits per heavy atom. The number of nitrogens with two attached hydrogens (primary N) is 1. The Bertz CT molecular complexity index is 1100. The van der Waals surface area contributed by atoms with Crippen LogP contribution in [0.2, 0.25) is 0 Å². The summed E-state index contributed by atoms with van der Waals surface area (Å²) in [4.78, 5) is 28.0. The van der Waals surface area contributed by atoms with E-state index in [1.807, 2.05) is 54.6 Å². The first kappa shape index (κ1) is 22.6. The number of benzene rings is 3. The second-order valence-corrected chi connectivity index (χ2v) is 6.89. The van der Waals surface area contributed by atoms with Gasteiger partial charge in [0.05, 0.1) is 16.3 Å². The molecule has 0 aromatic heterocycles. The van der Waals surface area contributed by atoms with Gasteiger partial charge in [0.25, 0.3) is 5.69 Å². The second kappa shape index (κ2) is 10.8. The molecule has 3 aromatic carbocycles. The number of rotatable bonds is 5. The SMILES string of the molecule is CN1C(=O)CN=C(c2ccccc2)c2ccccc21.NCCOc1ccc([N+](=O)[O-])cc1. The molecular formula is C24H24N4O4. The van der Waals surface area contributed by atoms with Crippen LogP contribution < -0.4 is 15.4 Å². The van der Waals surface area contributed by atoms with E-state index in [1.165, 1.54) is 12.1 Å². The van der Waals surface area contributed by atoms with Gasteiger partial charge in [-0.05, 0) is 18.2 Å². The van der Waals surface area contributed by atoms with Crippen LogP contribution in [0.4, 0.5) is 11.4 Å². The van der Waals surface area contributed by atoms with Crippen molar-refractivity contribution >= 4 is 23.0 Å². The van der Waals surface area contributed by atoms with Crippen LogP contribution in [-0.4, -0.2) is 43.3 Å². The topological polar surface area (TPSA) is 111 Å². The van der Waals surface area contributed by atoms with E-state index in [4.69, 9.17) is 10.5 Å². The molecule has 8 nitrogen and oxygen atoms in total. The number of nitro benzene ring substituents is 1. The molecular weight excluding hydrogens is 408 g/mol. The summed E-state index contributed by atoms with van der Waals surface area (Å²) in [6, 6.07) is 23.7. The molecule has 0 saturated heterocycles. The summed E-state index contributed by atoms with van der Waals surface area (Å²) in [5.41, 5.74) is 9.11. The van der Waals surface area contributed by atoms with Gasteiger partial charge in [-0.3, -0.25) is 19.9 Å². The molecule has 0 bridgehead atoms. The summed E-state index contributed by atoms with van der Waals surface area (Å²) in [6.07, 6.45) is 0. The lowest BCUT2D eigenvalue weighted by molar-refractivity contribution is -0.384. The van der Waals surface area contributed by atoms with E-state index in [0.717, 1.165) is 22.5 Å². The number of nitrogens with zero attached hydrogens (tertiary/aromatic N) is 3. The van der Waals surface area contributed by atoms with E-state index in [9.17, 15) is 14.9 Å². The van der Waals surface area contributed by atoms with Crippen molar-refractivity contribution < 1.29 is 14.5 Å². The van der Waals surface area contributed by atoms with Crippen LogP contribution in [-0.2, 0) is 4.79 Å². The highest BCUT2D eigenvalue weighted by molar-refractivity contribution is 6.19. The molecule has 1 aliphatic heterocycles. The Balaban J connectivity index is 0.000000195. The third-order valence-electron chi connectivity index (χ3n) is 4.75. The molecule has 4 rings (SSSR count). The Morgan fingerprint density at radius 2 is 1.69 bits per heavy atom. The molecule has 164 valence electrons. The molecule has 1 amide bonds. The number of non-ortho nitro benzene ring substituents is 1. The van der Waals surface area contributed by atoms with Gasteiger partial charge in [-0.2, -0.15) is 0 Å². The third kappa shape index (κ3) is 5.55. The number of hydrogen-bond acceptors (Lipinski definition) is 6. The van der Waals surface area contributed by atoms with Crippen molar-refractivity contribution in [1.82, 2.24) is 0 Å². The Morgan fingerprint density at radius 3 is 2.34 bits per heavy atom. The summed E-state index contributed by atoms with van der Waals surface area (Å²) in [5, 5.41) is 10.3. The molecule has 0 spiro atoms. The van der Waals surface area contributed by atoms with Crippen LogP contribution >= 0.6 is 0 Å². The summed E-state index contributed by atoms with van der Waals surface area (Å²) < 4.78 is 5.14. The molecule has 1 heterocycles. The quantitative estimate of drug-likeness (QED) is 0.490. The summed E-state index contributed by atoms with van der Waals surface area (Å²) in [7, 11) is 1.80. The van der Waals surface area contributed by atoms with E-state index in [1.54, 1.807) is 24.1 Å². The maximum atomic E-state index is 12.0. The van der Waals surface area contributed by atoms with E-state index in [0.29, 0.717) is 18.9 Å². The van der Waals surface area contributed by atoms with Gasteiger partial charge < -0.3 is 15.4 Å². The fraction of sp³-hybridized carbons (Fsp3) is 0.167. The van der Waals surface area contributed by atoms with Crippen molar-refractivity contribution in [2.24, 2.45) is 10.7 Å². The predicted octanol–water partition coefficient (Wildman–Crippen LogP) is 3.43. The lowest BCUT2D eigenvalue weighted by Crippen LogP contribution is -2.27. The van der Waals surface area contributed by atoms with Gasteiger partial charge in [0.2, 0.25) is 5.91 Å². The minimum atomic E-state index is -0.452. The molecule has 0 saturated carbocycles. The van der Waals surface area contributed by atoms with E-state index in [2.05, 4.69) is 4.99 Å². The number of nitro groups is 1. The van der Waals surface area contributed by atoms with Crippen molar-refractivity contribution in [3.63, 3.8) is 0 Å². The van der Waals surface area contributed by atoms with E-state index >= 15 is 0 Å². The molecule has 0 aliphatic carbocycles. The van der Waals surface area contributed by atoms with E-state index in [-0.39, 0.29) is 18.1 Å². The van der Waals surface area contributed by atoms with Gasteiger partial charge in [-0.1, -0.05) is 48.5 Å². The van der Waals surface area contributed by atoms with Crippen molar-refractivity contribution in [1.29, 1.82) is 0 Å². The molecule has 1 aliphatic rings. The van der Waals surface area contributed by atoms with Crippen molar-refractivity contribution in [2.75, 3.05) is 31.6 Å². The number of amides is 1. The second-order valence-electron chi connectivity index (χ2n) is 6.89. The Kier molecular flexibility index (Phi) is 7.66. The van der Waals surface area contributed by atoms with Gasteiger partial charge in [0, 0.05) is 36.9 Å². The minimum absolute atomic E-state index is 0.0124. The summed E-state index contributed by atoms with van der Waals surface area (Å²) >= 11 is 0. The average molecular weight is 432 g/mol.